The number of aryl methyl sites for hydroxylation is 2. The first kappa shape index (κ1) is 26.9. The summed E-state index contributed by atoms with van der Waals surface area (Å²) < 4.78 is 2.97. The summed E-state index contributed by atoms with van der Waals surface area (Å²) in [5.41, 5.74) is 0. The van der Waals surface area contributed by atoms with E-state index in [0.29, 0.717) is 32.5 Å². The molecule has 14 heteroatoms. The van der Waals surface area contributed by atoms with Crippen LogP contribution in [0.3, 0.4) is 0 Å². The Kier molecular flexibility index (Phi) is 11.6. The molecule has 0 aromatic carbocycles. The zero-order valence-electron chi connectivity index (χ0n) is 19.0. The van der Waals surface area contributed by atoms with Crippen LogP contribution in [-0.2, 0) is 17.9 Å². The van der Waals surface area contributed by atoms with E-state index in [1.807, 2.05) is 0 Å². The minimum Gasteiger partial charge on any atom is -0.480 e. The molecule has 0 fully saturated rings. The Bertz CT molecular complexity index is 915. The molecule has 2 aromatic heterocycles. The zero-order chi connectivity index (χ0) is 24.8. The van der Waals surface area contributed by atoms with Crippen molar-refractivity contribution in [3.63, 3.8) is 0 Å². The normalized spacial score (nSPS) is 12.0. The zero-order valence-corrected chi connectivity index (χ0v) is 19.0. The lowest BCUT2D eigenvalue weighted by Crippen LogP contribution is -2.37. The highest BCUT2D eigenvalue weighted by Gasteiger charge is 2.17. The van der Waals surface area contributed by atoms with Crippen molar-refractivity contribution in [3.05, 3.63) is 45.0 Å². The van der Waals surface area contributed by atoms with Gasteiger partial charge in [-0.3, -0.25) is 4.79 Å². The Morgan fingerprint density at radius 1 is 0.882 bits per heavy atom. The average molecular weight is 481 g/mol. The van der Waals surface area contributed by atoms with Crippen molar-refractivity contribution in [1.82, 2.24) is 29.7 Å². The van der Waals surface area contributed by atoms with Crippen molar-refractivity contribution in [1.29, 1.82) is 0 Å². The minimum absolute atomic E-state index is 0.135. The molecule has 0 unspecified atom stereocenters. The molecule has 2 heterocycles. The number of rotatable bonds is 19. The van der Waals surface area contributed by atoms with Crippen molar-refractivity contribution >= 4 is 17.9 Å². The van der Waals surface area contributed by atoms with E-state index < -0.39 is 21.9 Å². The molecular formula is C20H32N8O6. The number of carbonyl (C=O) groups is 1. The molecule has 188 valence electrons. The number of carboxylic acids is 1. The van der Waals surface area contributed by atoms with Crippen LogP contribution >= 0.6 is 0 Å². The summed E-state index contributed by atoms with van der Waals surface area (Å²) in [7, 11) is 0. The lowest BCUT2D eigenvalue weighted by molar-refractivity contribution is -0.396. The number of nitrogens with one attached hydrogen (secondary N) is 2. The fraction of sp³-hybridized carbons (Fsp3) is 0.650. The third-order valence-corrected chi connectivity index (χ3v) is 5.33. The van der Waals surface area contributed by atoms with Gasteiger partial charge < -0.3 is 36.0 Å². The molecule has 0 radical (unpaired) electrons. The van der Waals surface area contributed by atoms with Crippen LogP contribution in [0.2, 0.25) is 0 Å². The molecule has 2 aromatic rings. The second-order valence-corrected chi connectivity index (χ2v) is 7.86. The summed E-state index contributed by atoms with van der Waals surface area (Å²) in [6, 6.07) is -0.641. The van der Waals surface area contributed by atoms with Gasteiger partial charge in [0.15, 0.2) is 0 Å². The maximum atomic E-state index is 11.5. The number of carboxylic acid groups (broad SMARTS) is 1. The van der Waals surface area contributed by atoms with Gasteiger partial charge in [0.1, 0.15) is 30.8 Å². The van der Waals surface area contributed by atoms with E-state index in [9.17, 15) is 30.1 Å². The van der Waals surface area contributed by atoms with Crippen LogP contribution in [0, 0.1) is 20.2 Å². The van der Waals surface area contributed by atoms with E-state index >= 15 is 0 Å². The summed E-state index contributed by atoms with van der Waals surface area (Å²) in [4.78, 5) is 39.5. The van der Waals surface area contributed by atoms with Crippen LogP contribution in [0.15, 0.2) is 24.8 Å². The van der Waals surface area contributed by atoms with Crippen LogP contribution in [0.25, 0.3) is 0 Å². The quantitative estimate of drug-likeness (QED) is 0.152. The first-order valence-electron chi connectivity index (χ1n) is 11.4. The summed E-state index contributed by atoms with van der Waals surface area (Å²) in [6.45, 7) is 3.04. The number of aromatic nitrogens is 4. The molecule has 1 atom stereocenters. The topological polar surface area (TPSA) is 183 Å². The van der Waals surface area contributed by atoms with E-state index in [1.165, 1.54) is 27.7 Å². The highest BCUT2D eigenvalue weighted by molar-refractivity contribution is 5.73. The molecule has 0 saturated carbocycles. The summed E-state index contributed by atoms with van der Waals surface area (Å²) >= 11 is 0. The van der Waals surface area contributed by atoms with E-state index in [1.54, 1.807) is 6.20 Å². The molecule has 3 N–H and O–H groups in total. The molecule has 0 saturated heterocycles. The Labute approximate surface area is 196 Å². The molecular weight excluding hydrogens is 448 g/mol. The van der Waals surface area contributed by atoms with E-state index in [0.717, 1.165) is 45.2 Å². The van der Waals surface area contributed by atoms with Crippen LogP contribution in [0.5, 0.6) is 0 Å². The molecule has 0 aliphatic carbocycles. The van der Waals surface area contributed by atoms with Gasteiger partial charge in [-0.2, -0.15) is 0 Å². The van der Waals surface area contributed by atoms with Gasteiger partial charge in [0.2, 0.25) is 0 Å². The van der Waals surface area contributed by atoms with E-state index in [-0.39, 0.29) is 11.9 Å². The third kappa shape index (κ3) is 9.23. The van der Waals surface area contributed by atoms with Gasteiger partial charge in [0.25, 0.3) is 0 Å². The number of nitrogens with zero attached hydrogens (tertiary/aromatic N) is 6. The largest absolute Gasteiger partial charge is 0.480 e. The second kappa shape index (κ2) is 14.7. The monoisotopic (exact) mass is 480 g/mol. The standard InChI is InChI=1S/C20H32N8O6/c29-18(30)17(22-10-6-14-26-16-12-24-20(26)28(33)34)7-2-1-3-8-21-9-4-5-13-25-15-11-23-19(25)27(31)32/h11-12,15-17,21-22H,1-10,13-14H2,(H,29,30)/t17-/m0/s1. The summed E-state index contributed by atoms with van der Waals surface area (Å²) in [5, 5.41) is 37.4. The summed E-state index contributed by atoms with van der Waals surface area (Å²) in [5.74, 6) is -1.25. The van der Waals surface area contributed by atoms with Crippen molar-refractivity contribution in [2.24, 2.45) is 0 Å². The van der Waals surface area contributed by atoms with Gasteiger partial charge in [-0.1, -0.05) is 22.8 Å². The molecule has 0 aliphatic rings. The molecule has 2 rings (SSSR count). The lowest BCUT2D eigenvalue weighted by Gasteiger charge is -2.14. The van der Waals surface area contributed by atoms with Gasteiger partial charge in [-0.15, -0.1) is 0 Å². The predicted molar refractivity (Wildman–Crippen MR) is 122 cm³/mol. The number of hydrogen-bond acceptors (Lipinski definition) is 9. The van der Waals surface area contributed by atoms with Crippen molar-refractivity contribution in [2.45, 2.75) is 64.1 Å². The van der Waals surface area contributed by atoms with E-state index in [4.69, 9.17) is 0 Å². The maximum Gasteiger partial charge on any atom is 0.434 e. The smallest absolute Gasteiger partial charge is 0.434 e. The molecule has 0 aliphatic heterocycles. The van der Waals surface area contributed by atoms with Crippen LogP contribution < -0.4 is 10.6 Å². The van der Waals surface area contributed by atoms with Gasteiger partial charge in [0, 0.05) is 0 Å². The maximum absolute atomic E-state index is 11.5. The second-order valence-electron chi connectivity index (χ2n) is 7.86. The fourth-order valence-electron chi connectivity index (χ4n) is 3.57. The van der Waals surface area contributed by atoms with Crippen molar-refractivity contribution in [2.75, 3.05) is 19.6 Å². The van der Waals surface area contributed by atoms with Gasteiger partial charge in [-0.25, -0.2) is 9.13 Å². The first-order chi connectivity index (χ1) is 16.4. The number of aliphatic carboxylic acids is 1. The van der Waals surface area contributed by atoms with E-state index in [2.05, 4.69) is 20.6 Å². The van der Waals surface area contributed by atoms with Gasteiger partial charge >= 0.3 is 17.9 Å². The number of nitro groups is 2. The van der Waals surface area contributed by atoms with Crippen LogP contribution in [0.1, 0.15) is 44.9 Å². The Morgan fingerprint density at radius 3 is 2.00 bits per heavy atom. The van der Waals surface area contributed by atoms with Crippen LogP contribution in [0.4, 0.5) is 11.9 Å². The number of hydrogen-bond donors (Lipinski definition) is 3. The first-order valence-corrected chi connectivity index (χ1v) is 11.4. The Balaban J connectivity index is 1.48. The molecule has 0 bridgehead atoms. The van der Waals surface area contributed by atoms with Crippen LogP contribution in [-0.4, -0.2) is 65.7 Å². The van der Waals surface area contributed by atoms with Gasteiger partial charge in [0.05, 0.1) is 13.1 Å². The average Bonchev–Trinajstić information content (AvgIpc) is 3.45. The molecule has 0 spiro atoms. The highest BCUT2D eigenvalue weighted by Crippen LogP contribution is 2.10. The highest BCUT2D eigenvalue weighted by atomic mass is 16.6. The predicted octanol–water partition coefficient (Wildman–Crippen LogP) is 1.96. The SMILES string of the molecule is O=C(O)[C@H](CCCCCNCCCCn1ccnc1[N+](=O)[O-])NCCCn1ccnc1[N+](=O)[O-]. The molecule has 0 amide bonds. The lowest BCUT2D eigenvalue weighted by atomic mass is 10.1. The number of unbranched alkanes of at least 4 members (excludes halogenated alkanes) is 3. The van der Waals surface area contributed by atoms with Crippen molar-refractivity contribution < 1.29 is 19.7 Å². The molecule has 34 heavy (non-hydrogen) atoms. The van der Waals surface area contributed by atoms with Gasteiger partial charge in [-0.05, 0) is 61.6 Å². The minimum atomic E-state index is -0.898. The third-order valence-electron chi connectivity index (χ3n) is 5.33. The number of imidazole rings is 2. The summed E-state index contributed by atoms with van der Waals surface area (Å²) in [6.07, 6.45) is 11.3. The Hall–Kier alpha value is -3.39. The fourth-order valence-corrected chi connectivity index (χ4v) is 3.57. The molecule has 14 nitrogen and oxygen atoms in total. The van der Waals surface area contributed by atoms with Crippen molar-refractivity contribution in [3.8, 4) is 0 Å². The Morgan fingerprint density at radius 2 is 1.44 bits per heavy atom.